The molecule has 1 N–H and O–H groups in total. The first-order valence-electron chi connectivity index (χ1n) is 5.99. The van der Waals surface area contributed by atoms with Crippen LogP contribution in [0.3, 0.4) is 0 Å². The summed E-state index contributed by atoms with van der Waals surface area (Å²) in [6.07, 6.45) is 2.80. The second-order valence-corrected chi connectivity index (χ2v) is 4.94. The molecule has 1 aromatic heterocycles. The number of aliphatic hydroxyl groups excluding tert-OH is 1. The highest BCUT2D eigenvalue weighted by molar-refractivity contribution is 6.30. The van der Waals surface area contributed by atoms with E-state index in [0.29, 0.717) is 11.4 Å². The fraction of sp³-hybridized carbons (Fsp3) is 0.357. The number of nitrogens with zero attached hydrogens (tertiary/aromatic N) is 2. The molecule has 2 rings (SSSR count). The third-order valence-electron chi connectivity index (χ3n) is 3.19. The predicted octanol–water partition coefficient (Wildman–Crippen LogP) is 3.05. The van der Waals surface area contributed by atoms with Crippen LogP contribution in [0.15, 0.2) is 30.5 Å². The van der Waals surface area contributed by atoms with Crippen LogP contribution in [0, 0.1) is 6.92 Å². The van der Waals surface area contributed by atoms with Gasteiger partial charge in [-0.05, 0) is 49.1 Å². The summed E-state index contributed by atoms with van der Waals surface area (Å²) in [5.74, 6) is 0. The normalized spacial score (nSPS) is 12.7. The maximum atomic E-state index is 10.2. The molecule has 1 heterocycles. The number of rotatable bonds is 4. The highest BCUT2D eigenvalue weighted by atomic mass is 35.5. The summed E-state index contributed by atoms with van der Waals surface area (Å²) in [5, 5.41) is 15.0. The minimum atomic E-state index is -0.461. The highest BCUT2D eigenvalue weighted by Gasteiger charge is 2.11. The second-order valence-electron chi connectivity index (χ2n) is 4.50. The fourth-order valence-electron chi connectivity index (χ4n) is 2.10. The van der Waals surface area contributed by atoms with Crippen molar-refractivity contribution in [2.24, 2.45) is 7.05 Å². The molecule has 0 spiro atoms. The van der Waals surface area contributed by atoms with Gasteiger partial charge in [-0.3, -0.25) is 4.68 Å². The molecular weight excluding hydrogens is 248 g/mol. The van der Waals surface area contributed by atoms with Gasteiger partial charge >= 0.3 is 0 Å². The number of aryl methyl sites for hydroxylation is 3. The lowest BCUT2D eigenvalue weighted by atomic mass is 9.99. The van der Waals surface area contributed by atoms with Crippen molar-refractivity contribution in [2.45, 2.75) is 25.9 Å². The van der Waals surface area contributed by atoms with Crippen LogP contribution >= 0.6 is 11.6 Å². The lowest BCUT2D eigenvalue weighted by Gasteiger charge is -2.14. The average molecular weight is 265 g/mol. The van der Waals surface area contributed by atoms with E-state index in [-0.39, 0.29) is 0 Å². The van der Waals surface area contributed by atoms with Crippen molar-refractivity contribution >= 4 is 11.6 Å². The van der Waals surface area contributed by atoms with Crippen LogP contribution < -0.4 is 0 Å². The van der Waals surface area contributed by atoms with Gasteiger partial charge in [-0.1, -0.05) is 17.7 Å². The van der Waals surface area contributed by atoms with Gasteiger partial charge in [0.2, 0.25) is 0 Å². The first kappa shape index (κ1) is 13.1. The molecule has 1 aromatic carbocycles. The van der Waals surface area contributed by atoms with Crippen molar-refractivity contribution < 1.29 is 5.11 Å². The smallest absolute Gasteiger partial charge is 0.0796 e. The average Bonchev–Trinajstić information content (AvgIpc) is 2.72. The van der Waals surface area contributed by atoms with Crippen molar-refractivity contribution in [3.8, 4) is 0 Å². The molecule has 0 amide bonds. The Morgan fingerprint density at radius 2 is 2.17 bits per heavy atom. The van der Waals surface area contributed by atoms with E-state index >= 15 is 0 Å². The quantitative estimate of drug-likeness (QED) is 0.922. The molecule has 4 heteroatoms. The predicted molar refractivity (Wildman–Crippen MR) is 72.7 cm³/mol. The largest absolute Gasteiger partial charge is 0.388 e. The van der Waals surface area contributed by atoms with E-state index in [4.69, 9.17) is 11.6 Å². The third-order valence-corrected chi connectivity index (χ3v) is 3.42. The van der Waals surface area contributed by atoms with E-state index < -0.39 is 6.10 Å². The standard InChI is InChI=1S/C14H17ClN2O/c1-10-9-11(15)3-5-13(10)14(18)6-4-12-7-8-16-17(12)2/h3,5,7-9,14,18H,4,6H2,1-2H3. The van der Waals surface area contributed by atoms with E-state index in [1.54, 1.807) is 6.20 Å². The summed E-state index contributed by atoms with van der Waals surface area (Å²) in [6.45, 7) is 1.97. The van der Waals surface area contributed by atoms with Crippen LogP contribution in [0.4, 0.5) is 0 Å². The topological polar surface area (TPSA) is 38.1 Å². The van der Waals surface area contributed by atoms with E-state index in [9.17, 15) is 5.11 Å². The van der Waals surface area contributed by atoms with Crippen molar-refractivity contribution in [3.05, 3.63) is 52.3 Å². The SMILES string of the molecule is Cc1cc(Cl)ccc1C(O)CCc1ccnn1C. The molecule has 3 nitrogen and oxygen atoms in total. The van der Waals surface area contributed by atoms with Gasteiger partial charge < -0.3 is 5.11 Å². The summed E-state index contributed by atoms with van der Waals surface area (Å²) in [5.41, 5.74) is 3.10. The fourth-order valence-corrected chi connectivity index (χ4v) is 2.33. The molecule has 0 saturated heterocycles. The van der Waals surface area contributed by atoms with Crippen LogP contribution in [0.1, 0.15) is 29.3 Å². The molecule has 0 aliphatic heterocycles. The molecule has 0 radical (unpaired) electrons. The van der Waals surface area contributed by atoms with Gasteiger partial charge in [0.1, 0.15) is 0 Å². The Kier molecular flexibility index (Phi) is 4.04. The Bertz CT molecular complexity index is 536. The molecule has 96 valence electrons. The van der Waals surface area contributed by atoms with E-state index in [1.165, 1.54) is 0 Å². The Balaban J connectivity index is 2.03. The molecule has 0 aliphatic carbocycles. The zero-order valence-corrected chi connectivity index (χ0v) is 11.4. The summed E-state index contributed by atoms with van der Waals surface area (Å²) >= 11 is 5.91. The summed E-state index contributed by atoms with van der Waals surface area (Å²) in [6, 6.07) is 7.56. The molecule has 1 atom stereocenters. The Morgan fingerprint density at radius 1 is 1.39 bits per heavy atom. The molecule has 2 aromatic rings. The first-order valence-corrected chi connectivity index (χ1v) is 6.36. The maximum Gasteiger partial charge on any atom is 0.0796 e. The Morgan fingerprint density at radius 3 is 2.78 bits per heavy atom. The zero-order valence-electron chi connectivity index (χ0n) is 10.6. The van der Waals surface area contributed by atoms with E-state index in [1.807, 2.05) is 42.9 Å². The van der Waals surface area contributed by atoms with Crippen LogP contribution in [-0.4, -0.2) is 14.9 Å². The highest BCUT2D eigenvalue weighted by Crippen LogP contribution is 2.24. The zero-order chi connectivity index (χ0) is 13.1. The van der Waals surface area contributed by atoms with Crippen LogP contribution in [0.5, 0.6) is 0 Å². The lowest BCUT2D eigenvalue weighted by molar-refractivity contribution is 0.166. The number of aromatic nitrogens is 2. The van der Waals surface area contributed by atoms with E-state index in [2.05, 4.69) is 5.10 Å². The van der Waals surface area contributed by atoms with Crippen molar-refractivity contribution in [2.75, 3.05) is 0 Å². The summed E-state index contributed by atoms with van der Waals surface area (Å²) in [7, 11) is 1.91. The van der Waals surface area contributed by atoms with E-state index in [0.717, 1.165) is 23.2 Å². The molecule has 0 saturated carbocycles. The number of halogens is 1. The summed E-state index contributed by atoms with van der Waals surface area (Å²) < 4.78 is 1.83. The van der Waals surface area contributed by atoms with Gasteiger partial charge in [0.05, 0.1) is 6.10 Å². The van der Waals surface area contributed by atoms with Gasteiger partial charge in [0, 0.05) is 24.0 Å². The van der Waals surface area contributed by atoms with Gasteiger partial charge in [0.15, 0.2) is 0 Å². The van der Waals surface area contributed by atoms with Gasteiger partial charge in [0.25, 0.3) is 0 Å². The van der Waals surface area contributed by atoms with Gasteiger partial charge in [-0.25, -0.2) is 0 Å². The minimum absolute atomic E-state index is 0.461. The Hall–Kier alpha value is -1.32. The monoisotopic (exact) mass is 264 g/mol. The van der Waals surface area contributed by atoms with Gasteiger partial charge in [-0.15, -0.1) is 0 Å². The Labute approximate surface area is 112 Å². The van der Waals surface area contributed by atoms with Crippen LogP contribution in [0.25, 0.3) is 0 Å². The second kappa shape index (κ2) is 5.55. The number of hydrogen-bond acceptors (Lipinski definition) is 2. The van der Waals surface area contributed by atoms with Crippen molar-refractivity contribution in [1.29, 1.82) is 0 Å². The molecule has 0 aliphatic rings. The maximum absolute atomic E-state index is 10.2. The number of benzene rings is 1. The van der Waals surface area contributed by atoms with Crippen LogP contribution in [0.2, 0.25) is 5.02 Å². The van der Waals surface area contributed by atoms with Gasteiger partial charge in [-0.2, -0.15) is 5.10 Å². The first-order chi connectivity index (χ1) is 8.58. The molecule has 18 heavy (non-hydrogen) atoms. The summed E-state index contributed by atoms with van der Waals surface area (Å²) in [4.78, 5) is 0. The number of hydrogen-bond donors (Lipinski definition) is 1. The number of aliphatic hydroxyl groups is 1. The molecule has 0 fully saturated rings. The minimum Gasteiger partial charge on any atom is -0.388 e. The van der Waals surface area contributed by atoms with Crippen LogP contribution in [-0.2, 0) is 13.5 Å². The molecular formula is C14H17ClN2O. The molecule has 0 bridgehead atoms. The lowest BCUT2D eigenvalue weighted by Crippen LogP contribution is -2.04. The van der Waals surface area contributed by atoms with Crippen molar-refractivity contribution in [1.82, 2.24) is 9.78 Å². The van der Waals surface area contributed by atoms with Crippen molar-refractivity contribution in [3.63, 3.8) is 0 Å². The molecule has 1 unspecified atom stereocenters. The third kappa shape index (κ3) is 2.92.